The second-order valence-corrected chi connectivity index (χ2v) is 6.02. The zero-order chi connectivity index (χ0) is 14.1. The summed E-state index contributed by atoms with van der Waals surface area (Å²) < 4.78 is 0. The van der Waals surface area contributed by atoms with E-state index in [-0.39, 0.29) is 0 Å². The molecule has 4 heteroatoms. The van der Waals surface area contributed by atoms with Gasteiger partial charge < -0.3 is 5.32 Å². The lowest BCUT2D eigenvalue weighted by atomic mass is 9.98. The predicted octanol–water partition coefficient (Wildman–Crippen LogP) is 3.52. The van der Waals surface area contributed by atoms with E-state index in [2.05, 4.69) is 33.9 Å². The van der Waals surface area contributed by atoms with E-state index in [1.165, 1.54) is 16.7 Å². The summed E-state index contributed by atoms with van der Waals surface area (Å²) in [5.74, 6) is 0. The second-order valence-electron chi connectivity index (χ2n) is 5.16. The number of rotatable bonds is 2. The number of thiazole rings is 1. The molecule has 1 aliphatic rings. The molecule has 0 aliphatic carbocycles. The van der Waals surface area contributed by atoms with Gasteiger partial charge in [0.05, 0.1) is 11.4 Å². The van der Waals surface area contributed by atoms with E-state index in [0.29, 0.717) is 0 Å². The standard InChI is InChI=1S/C17H15N3S/c1-2-7-19-15(3-1)17-20-16(11-21-17)13-4-5-14-10-18-8-6-12(14)9-13/h1-5,7,9,11,18H,6,8,10H2. The van der Waals surface area contributed by atoms with Crippen molar-refractivity contribution in [2.24, 2.45) is 0 Å². The number of aromatic nitrogens is 2. The van der Waals surface area contributed by atoms with Gasteiger partial charge in [-0.3, -0.25) is 4.98 Å². The van der Waals surface area contributed by atoms with Crippen molar-refractivity contribution < 1.29 is 0 Å². The minimum absolute atomic E-state index is 0.941. The fourth-order valence-electron chi connectivity index (χ4n) is 2.65. The zero-order valence-corrected chi connectivity index (χ0v) is 12.4. The number of pyridine rings is 1. The number of hydrogen-bond acceptors (Lipinski definition) is 4. The van der Waals surface area contributed by atoms with Crippen LogP contribution in [-0.2, 0) is 13.0 Å². The van der Waals surface area contributed by atoms with Gasteiger partial charge in [-0.15, -0.1) is 11.3 Å². The lowest BCUT2D eigenvalue weighted by Gasteiger charge is -2.17. The molecule has 1 N–H and O–H groups in total. The second kappa shape index (κ2) is 5.39. The summed E-state index contributed by atoms with van der Waals surface area (Å²) in [5, 5.41) is 6.50. The molecular weight excluding hydrogens is 278 g/mol. The van der Waals surface area contributed by atoms with E-state index >= 15 is 0 Å². The summed E-state index contributed by atoms with van der Waals surface area (Å²) in [6, 6.07) is 12.6. The number of nitrogens with one attached hydrogen (secondary N) is 1. The summed E-state index contributed by atoms with van der Waals surface area (Å²) in [7, 11) is 0. The maximum atomic E-state index is 4.74. The number of nitrogens with zero attached hydrogens (tertiary/aromatic N) is 2. The Morgan fingerprint density at radius 1 is 1.05 bits per heavy atom. The van der Waals surface area contributed by atoms with Gasteiger partial charge in [0.15, 0.2) is 0 Å². The van der Waals surface area contributed by atoms with Gasteiger partial charge in [-0.1, -0.05) is 18.2 Å². The number of benzene rings is 1. The quantitative estimate of drug-likeness (QED) is 0.785. The molecule has 0 unspecified atom stereocenters. The summed E-state index contributed by atoms with van der Waals surface area (Å²) in [6.45, 7) is 2.04. The first kappa shape index (κ1) is 12.7. The molecule has 0 bridgehead atoms. The molecule has 21 heavy (non-hydrogen) atoms. The minimum atomic E-state index is 0.941. The molecule has 0 saturated carbocycles. The van der Waals surface area contributed by atoms with Gasteiger partial charge in [0.25, 0.3) is 0 Å². The van der Waals surface area contributed by atoms with Gasteiger partial charge in [0.2, 0.25) is 0 Å². The van der Waals surface area contributed by atoms with Crippen LogP contribution in [0.25, 0.3) is 22.0 Å². The van der Waals surface area contributed by atoms with Crippen LogP contribution in [-0.4, -0.2) is 16.5 Å². The fourth-order valence-corrected chi connectivity index (χ4v) is 3.45. The molecule has 1 aromatic carbocycles. The summed E-state index contributed by atoms with van der Waals surface area (Å²) in [4.78, 5) is 9.11. The normalized spacial score (nSPS) is 13.9. The van der Waals surface area contributed by atoms with Gasteiger partial charge in [0, 0.05) is 23.7 Å². The van der Waals surface area contributed by atoms with Crippen molar-refractivity contribution in [1.82, 2.24) is 15.3 Å². The Morgan fingerprint density at radius 3 is 2.95 bits per heavy atom. The molecule has 2 aromatic heterocycles. The highest BCUT2D eigenvalue weighted by atomic mass is 32.1. The highest BCUT2D eigenvalue weighted by molar-refractivity contribution is 7.13. The van der Waals surface area contributed by atoms with Crippen LogP contribution in [0.3, 0.4) is 0 Å². The Morgan fingerprint density at radius 2 is 2.05 bits per heavy atom. The Hall–Kier alpha value is -2.04. The lowest BCUT2D eigenvalue weighted by Crippen LogP contribution is -2.23. The van der Waals surface area contributed by atoms with Gasteiger partial charge in [-0.2, -0.15) is 0 Å². The van der Waals surface area contributed by atoms with Crippen LogP contribution in [0, 0.1) is 0 Å². The van der Waals surface area contributed by atoms with Gasteiger partial charge in [0.1, 0.15) is 5.01 Å². The number of fused-ring (bicyclic) bond motifs is 1. The molecular formula is C17H15N3S. The minimum Gasteiger partial charge on any atom is -0.312 e. The first-order valence-electron chi connectivity index (χ1n) is 7.10. The van der Waals surface area contributed by atoms with E-state index < -0.39 is 0 Å². The lowest BCUT2D eigenvalue weighted by molar-refractivity contribution is 0.644. The maximum Gasteiger partial charge on any atom is 0.142 e. The Balaban J connectivity index is 1.70. The Labute approximate surface area is 127 Å². The molecule has 1 aliphatic heterocycles. The highest BCUT2D eigenvalue weighted by Gasteiger charge is 2.12. The van der Waals surface area contributed by atoms with Crippen LogP contribution in [0.5, 0.6) is 0 Å². The monoisotopic (exact) mass is 293 g/mol. The summed E-state index contributed by atoms with van der Waals surface area (Å²) in [6.07, 6.45) is 2.91. The first-order valence-corrected chi connectivity index (χ1v) is 7.98. The van der Waals surface area contributed by atoms with E-state index in [1.54, 1.807) is 11.3 Å². The van der Waals surface area contributed by atoms with Crippen molar-refractivity contribution in [3.05, 3.63) is 59.1 Å². The molecule has 104 valence electrons. The third kappa shape index (κ3) is 2.48. The first-order chi connectivity index (χ1) is 10.4. The molecule has 3 heterocycles. The van der Waals surface area contributed by atoms with Crippen molar-refractivity contribution >= 4 is 11.3 Å². The Kier molecular flexibility index (Phi) is 3.25. The summed E-state index contributed by atoms with van der Waals surface area (Å²) >= 11 is 1.65. The molecule has 0 atom stereocenters. The Bertz CT molecular complexity index is 765. The topological polar surface area (TPSA) is 37.8 Å². The molecule has 0 saturated heterocycles. The fraction of sp³-hybridized carbons (Fsp3) is 0.176. The van der Waals surface area contributed by atoms with E-state index in [4.69, 9.17) is 4.98 Å². The SMILES string of the molecule is c1ccc(-c2nc(-c3ccc4c(c3)CCNC4)cs2)nc1. The molecule has 4 rings (SSSR count). The molecule has 0 radical (unpaired) electrons. The van der Waals surface area contributed by atoms with Crippen molar-refractivity contribution in [1.29, 1.82) is 0 Å². The largest absolute Gasteiger partial charge is 0.312 e. The van der Waals surface area contributed by atoms with Crippen LogP contribution >= 0.6 is 11.3 Å². The van der Waals surface area contributed by atoms with Crippen molar-refractivity contribution in [3.63, 3.8) is 0 Å². The van der Waals surface area contributed by atoms with Crippen LogP contribution in [0.15, 0.2) is 48.0 Å². The van der Waals surface area contributed by atoms with Crippen LogP contribution in [0.4, 0.5) is 0 Å². The smallest absolute Gasteiger partial charge is 0.142 e. The zero-order valence-electron chi connectivity index (χ0n) is 11.5. The highest BCUT2D eigenvalue weighted by Crippen LogP contribution is 2.29. The van der Waals surface area contributed by atoms with E-state index in [9.17, 15) is 0 Å². The van der Waals surface area contributed by atoms with Crippen molar-refractivity contribution in [2.75, 3.05) is 6.54 Å². The third-order valence-corrected chi connectivity index (χ3v) is 4.64. The van der Waals surface area contributed by atoms with Gasteiger partial charge >= 0.3 is 0 Å². The predicted molar refractivity (Wildman–Crippen MR) is 86.2 cm³/mol. The van der Waals surface area contributed by atoms with Gasteiger partial charge in [-0.25, -0.2) is 4.98 Å². The molecule has 0 amide bonds. The van der Waals surface area contributed by atoms with Crippen molar-refractivity contribution in [2.45, 2.75) is 13.0 Å². The van der Waals surface area contributed by atoms with Crippen LogP contribution in [0.1, 0.15) is 11.1 Å². The van der Waals surface area contributed by atoms with Crippen LogP contribution < -0.4 is 5.32 Å². The molecule has 0 spiro atoms. The van der Waals surface area contributed by atoms with Crippen LogP contribution in [0.2, 0.25) is 0 Å². The van der Waals surface area contributed by atoms with Crippen molar-refractivity contribution in [3.8, 4) is 22.0 Å². The third-order valence-electron chi connectivity index (χ3n) is 3.78. The molecule has 3 aromatic rings. The average molecular weight is 293 g/mol. The molecule has 0 fully saturated rings. The average Bonchev–Trinajstić information content (AvgIpc) is 3.05. The van der Waals surface area contributed by atoms with E-state index in [1.807, 2.05) is 24.4 Å². The maximum absolute atomic E-state index is 4.74. The van der Waals surface area contributed by atoms with Gasteiger partial charge in [-0.05, 0) is 42.3 Å². The van der Waals surface area contributed by atoms with E-state index in [0.717, 1.165) is 35.9 Å². The molecule has 3 nitrogen and oxygen atoms in total. The summed E-state index contributed by atoms with van der Waals surface area (Å²) in [5.41, 5.74) is 6.04. The number of hydrogen-bond donors (Lipinski definition) is 1.